The number of aromatic nitrogens is 3. The molecule has 1 spiro atoms. The summed E-state index contributed by atoms with van der Waals surface area (Å²) < 4.78 is 6.28. The number of carbonyl (C=O) groups is 1. The Balaban J connectivity index is 1.54. The fourth-order valence-corrected chi connectivity index (χ4v) is 4.60. The molecule has 1 aliphatic carbocycles. The van der Waals surface area contributed by atoms with E-state index in [4.69, 9.17) is 4.74 Å². The SMILES string of the molecule is CC(C)(C)OC(=O)N[C@@H]1c2cccnc2CC12CCN(c1cnc(Br)cn1)CC2. The molecule has 4 rings (SSSR count). The number of anilines is 1. The Labute approximate surface area is 179 Å². The molecule has 7 nitrogen and oxygen atoms in total. The number of amides is 1. The molecule has 3 heterocycles. The summed E-state index contributed by atoms with van der Waals surface area (Å²) in [5.41, 5.74) is 1.59. The Hall–Kier alpha value is -2.22. The van der Waals surface area contributed by atoms with Crippen LogP contribution in [0.15, 0.2) is 35.3 Å². The molecular formula is C21H26BrN5O2. The minimum Gasteiger partial charge on any atom is -0.444 e. The highest BCUT2D eigenvalue weighted by Gasteiger charge is 2.49. The normalized spacial score (nSPS) is 20.4. The monoisotopic (exact) mass is 459 g/mol. The highest BCUT2D eigenvalue weighted by molar-refractivity contribution is 9.10. The molecule has 2 aliphatic rings. The van der Waals surface area contributed by atoms with Gasteiger partial charge in [0.05, 0.1) is 18.4 Å². The second kappa shape index (κ2) is 7.55. The van der Waals surface area contributed by atoms with Crippen molar-refractivity contribution in [2.75, 3.05) is 18.0 Å². The van der Waals surface area contributed by atoms with Crippen molar-refractivity contribution < 1.29 is 9.53 Å². The van der Waals surface area contributed by atoms with Gasteiger partial charge in [0.25, 0.3) is 0 Å². The molecule has 1 amide bonds. The van der Waals surface area contributed by atoms with Crippen molar-refractivity contribution >= 4 is 27.8 Å². The van der Waals surface area contributed by atoms with Crippen LogP contribution in [0.3, 0.4) is 0 Å². The van der Waals surface area contributed by atoms with Gasteiger partial charge in [-0.15, -0.1) is 0 Å². The number of carbonyl (C=O) groups excluding carboxylic acids is 1. The molecule has 0 bridgehead atoms. The van der Waals surface area contributed by atoms with Crippen molar-refractivity contribution in [2.45, 2.75) is 51.7 Å². The van der Waals surface area contributed by atoms with Gasteiger partial charge in [0, 0.05) is 30.4 Å². The van der Waals surface area contributed by atoms with Crippen molar-refractivity contribution in [1.82, 2.24) is 20.3 Å². The first kappa shape index (κ1) is 20.1. The second-order valence-electron chi connectivity index (χ2n) is 8.84. The van der Waals surface area contributed by atoms with Crippen LogP contribution in [0.25, 0.3) is 0 Å². The Kier molecular flexibility index (Phi) is 5.23. The van der Waals surface area contributed by atoms with Crippen LogP contribution >= 0.6 is 15.9 Å². The van der Waals surface area contributed by atoms with Gasteiger partial charge in [-0.25, -0.2) is 14.8 Å². The van der Waals surface area contributed by atoms with E-state index in [1.165, 1.54) is 0 Å². The van der Waals surface area contributed by atoms with Crippen molar-refractivity contribution in [2.24, 2.45) is 5.41 Å². The molecule has 0 aromatic carbocycles. The van der Waals surface area contributed by atoms with Crippen LogP contribution in [0.1, 0.15) is 50.9 Å². The maximum atomic E-state index is 12.6. The van der Waals surface area contributed by atoms with Crippen LogP contribution < -0.4 is 10.2 Å². The zero-order chi connectivity index (χ0) is 20.6. The zero-order valence-electron chi connectivity index (χ0n) is 17.0. The van der Waals surface area contributed by atoms with E-state index in [2.05, 4.69) is 47.2 Å². The van der Waals surface area contributed by atoms with Gasteiger partial charge in [0.1, 0.15) is 16.0 Å². The van der Waals surface area contributed by atoms with Gasteiger partial charge in [-0.2, -0.15) is 0 Å². The van der Waals surface area contributed by atoms with Crippen LogP contribution in [-0.4, -0.2) is 39.7 Å². The molecule has 1 aliphatic heterocycles. The maximum absolute atomic E-state index is 12.6. The van der Waals surface area contributed by atoms with Crippen molar-refractivity contribution in [1.29, 1.82) is 0 Å². The van der Waals surface area contributed by atoms with E-state index in [9.17, 15) is 4.79 Å². The third kappa shape index (κ3) is 4.22. The number of hydrogen-bond acceptors (Lipinski definition) is 6. The summed E-state index contributed by atoms with van der Waals surface area (Å²) in [6, 6.07) is 3.92. The summed E-state index contributed by atoms with van der Waals surface area (Å²) in [5.74, 6) is 0.883. The highest BCUT2D eigenvalue weighted by Crippen LogP contribution is 2.51. The standard InChI is InChI=1S/C21H26BrN5O2/c1-20(2,3)29-19(28)26-18-14-5-4-8-23-15(14)11-21(18)6-9-27(10-7-21)17-13-24-16(22)12-25-17/h4-5,8,12-13,18H,6-7,9-11H2,1-3H3,(H,26,28)/t18-/m1/s1. The molecule has 29 heavy (non-hydrogen) atoms. The Morgan fingerprint density at radius 2 is 2.00 bits per heavy atom. The molecule has 1 N–H and O–H groups in total. The number of ether oxygens (including phenoxy) is 1. The lowest BCUT2D eigenvalue weighted by molar-refractivity contribution is 0.0428. The fraction of sp³-hybridized carbons (Fsp3) is 0.524. The van der Waals surface area contributed by atoms with E-state index in [1.807, 2.05) is 33.0 Å². The Bertz CT molecular complexity index is 889. The predicted octanol–water partition coefficient (Wildman–Crippen LogP) is 4.04. The minimum absolute atomic E-state index is 0.0626. The van der Waals surface area contributed by atoms with E-state index in [0.717, 1.165) is 54.0 Å². The summed E-state index contributed by atoms with van der Waals surface area (Å²) in [5, 5.41) is 3.16. The topological polar surface area (TPSA) is 80.2 Å². The van der Waals surface area contributed by atoms with Crippen LogP contribution in [0.2, 0.25) is 0 Å². The zero-order valence-corrected chi connectivity index (χ0v) is 18.6. The first-order valence-electron chi connectivity index (χ1n) is 9.92. The number of hydrogen-bond donors (Lipinski definition) is 1. The van der Waals surface area contributed by atoms with E-state index in [0.29, 0.717) is 0 Å². The molecule has 2 aromatic rings. The lowest BCUT2D eigenvalue weighted by atomic mass is 9.73. The maximum Gasteiger partial charge on any atom is 0.408 e. The molecule has 0 saturated carbocycles. The van der Waals surface area contributed by atoms with Crippen molar-refractivity contribution in [3.63, 3.8) is 0 Å². The number of nitrogens with one attached hydrogen (secondary N) is 1. The molecule has 154 valence electrons. The largest absolute Gasteiger partial charge is 0.444 e. The van der Waals surface area contributed by atoms with Gasteiger partial charge < -0.3 is 15.0 Å². The number of piperidine rings is 1. The number of nitrogens with zero attached hydrogens (tertiary/aromatic N) is 4. The van der Waals surface area contributed by atoms with Crippen LogP contribution in [0.5, 0.6) is 0 Å². The van der Waals surface area contributed by atoms with Gasteiger partial charge >= 0.3 is 6.09 Å². The summed E-state index contributed by atoms with van der Waals surface area (Å²) in [7, 11) is 0. The summed E-state index contributed by atoms with van der Waals surface area (Å²) in [6.07, 6.45) is 7.70. The summed E-state index contributed by atoms with van der Waals surface area (Å²) >= 11 is 3.33. The minimum atomic E-state index is -0.531. The number of halogens is 1. The second-order valence-corrected chi connectivity index (χ2v) is 9.65. The molecule has 1 fully saturated rings. The first-order valence-corrected chi connectivity index (χ1v) is 10.7. The number of alkyl carbamates (subject to hydrolysis) is 1. The number of fused-ring (bicyclic) bond motifs is 1. The lowest BCUT2D eigenvalue weighted by Gasteiger charge is -2.43. The quantitative estimate of drug-likeness (QED) is 0.729. The number of rotatable bonds is 2. The summed E-state index contributed by atoms with van der Waals surface area (Å²) in [6.45, 7) is 7.35. The molecule has 8 heteroatoms. The average Bonchev–Trinajstić information content (AvgIpc) is 2.95. The van der Waals surface area contributed by atoms with Crippen LogP contribution in [0.4, 0.5) is 10.6 Å². The third-order valence-electron chi connectivity index (χ3n) is 5.72. The van der Waals surface area contributed by atoms with Crippen molar-refractivity contribution in [3.8, 4) is 0 Å². The van der Waals surface area contributed by atoms with Gasteiger partial charge in [-0.05, 0) is 67.6 Å². The molecular weight excluding hydrogens is 434 g/mol. The predicted molar refractivity (Wildman–Crippen MR) is 114 cm³/mol. The van der Waals surface area contributed by atoms with Gasteiger partial charge in [-0.3, -0.25) is 4.98 Å². The highest BCUT2D eigenvalue weighted by atomic mass is 79.9. The molecule has 1 saturated heterocycles. The molecule has 1 atom stereocenters. The first-order chi connectivity index (χ1) is 13.8. The lowest BCUT2D eigenvalue weighted by Crippen LogP contribution is -2.47. The molecule has 0 unspecified atom stereocenters. The smallest absolute Gasteiger partial charge is 0.408 e. The molecule has 2 aromatic heterocycles. The average molecular weight is 460 g/mol. The van der Waals surface area contributed by atoms with Crippen LogP contribution in [0, 0.1) is 5.41 Å². The fourth-order valence-electron chi connectivity index (χ4n) is 4.40. The van der Waals surface area contributed by atoms with E-state index < -0.39 is 5.60 Å². The third-order valence-corrected chi connectivity index (χ3v) is 6.13. The Morgan fingerprint density at radius 3 is 2.66 bits per heavy atom. The van der Waals surface area contributed by atoms with Gasteiger partial charge in [0.15, 0.2) is 0 Å². The Morgan fingerprint density at radius 1 is 1.24 bits per heavy atom. The van der Waals surface area contributed by atoms with Gasteiger partial charge in [0.2, 0.25) is 0 Å². The van der Waals surface area contributed by atoms with E-state index in [-0.39, 0.29) is 17.6 Å². The van der Waals surface area contributed by atoms with E-state index in [1.54, 1.807) is 12.4 Å². The van der Waals surface area contributed by atoms with Crippen LogP contribution in [-0.2, 0) is 11.2 Å². The number of pyridine rings is 1. The molecule has 0 radical (unpaired) electrons. The van der Waals surface area contributed by atoms with E-state index >= 15 is 0 Å². The van der Waals surface area contributed by atoms with Gasteiger partial charge in [-0.1, -0.05) is 6.07 Å². The van der Waals surface area contributed by atoms with Crippen molar-refractivity contribution in [3.05, 3.63) is 46.6 Å². The summed E-state index contributed by atoms with van der Waals surface area (Å²) in [4.78, 5) is 28.2.